The van der Waals surface area contributed by atoms with Gasteiger partial charge in [-0.3, -0.25) is 19.7 Å². The Hall–Kier alpha value is -2.70. The molecule has 0 radical (unpaired) electrons. The molecule has 0 fully saturated rings. The van der Waals surface area contributed by atoms with Crippen LogP contribution in [-0.4, -0.2) is 28.5 Å². The molecule has 148 valence electrons. The zero-order chi connectivity index (χ0) is 19.9. The molecule has 0 saturated heterocycles. The highest BCUT2D eigenvalue weighted by Crippen LogP contribution is 2.13. The molecule has 0 spiro atoms. The number of carboxylic acids is 1. The summed E-state index contributed by atoms with van der Waals surface area (Å²) in [6.07, 6.45) is 11.5. The van der Waals surface area contributed by atoms with Crippen molar-refractivity contribution in [1.29, 1.82) is 0 Å². The first-order valence-corrected chi connectivity index (χ1v) is 9.41. The lowest BCUT2D eigenvalue weighted by atomic mass is 10.1. The Kier molecular flexibility index (Phi) is 11.2. The number of nitrogens with one attached hydrogen (secondary N) is 1. The Bertz CT molecular complexity index is 626. The highest BCUT2D eigenvalue weighted by atomic mass is 16.6. The molecule has 0 aliphatic carbocycles. The van der Waals surface area contributed by atoms with E-state index in [4.69, 9.17) is 5.11 Å². The van der Waals surface area contributed by atoms with Crippen LogP contribution in [-0.2, 0) is 9.59 Å². The predicted octanol–water partition coefficient (Wildman–Crippen LogP) is 4.32. The summed E-state index contributed by atoms with van der Waals surface area (Å²) in [5.74, 6) is -0.897. The van der Waals surface area contributed by atoms with Crippen molar-refractivity contribution >= 4 is 23.6 Å². The lowest BCUT2D eigenvalue weighted by Crippen LogP contribution is -2.21. The minimum atomic E-state index is -0.723. The molecule has 0 bridgehead atoms. The largest absolute Gasteiger partial charge is 0.481 e. The van der Waals surface area contributed by atoms with Crippen molar-refractivity contribution in [2.75, 3.05) is 6.54 Å². The Labute approximate surface area is 159 Å². The molecule has 2 N–H and O–H groups in total. The van der Waals surface area contributed by atoms with Crippen molar-refractivity contribution < 1.29 is 19.6 Å². The summed E-state index contributed by atoms with van der Waals surface area (Å²) >= 11 is 0. The Balaban J connectivity index is 2.02. The topological polar surface area (TPSA) is 110 Å². The third-order valence-electron chi connectivity index (χ3n) is 4.15. The molecule has 0 saturated carbocycles. The quantitative estimate of drug-likeness (QED) is 0.217. The molecule has 1 rings (SSSR count). The van der Waals surface area contributed by atoms with Crippen molar-refractivity contribution in [3.8, 4) is 0 Å². The lowest BCUT2D eigenvalue weighted by molar-refractivity contribution is -0.384. The van der Waals surface area contributed by atoms with Crippen LogP contribution in [0.5, 0.6) is 0 Å². The summed E-state index contributed by atoms with van der Waals surface area (Å²) in [6, 6.07) is 6.01. The van der Waals surface area contributed by atoms with Gasteiger partial charge in [0.25, 0.3) is 5.69 Å². The van der Waals surface area contributed by atoms with Crippen molar-refractivity contribution in [1.82, 2.24) is 5.32 Å². The molecule has 0 unspecified atom stereocenters. The third-order valence-corrected chi connectivity index (χ3v) is 4.15. The van der Waals surface area contributed by atoms with Gasteiger partial charge in [0.2, 0.25) is 5.91 Å². The molecule has 7 nitrogen and oxygen atoms in total. The zero-order valence-electron chi connectivity index (χ0n) is 15.6. The Morgan fingerprint density at radius 3 is 2.07 bits per heavy atom. The standard InChI is InChI=1S/C20H28N2O5/c23-19(15-12-17-10-13-18(14-11-17)22(26)27)21-16-8-6-4-2-1-3-5-7-9-20(24)25/h10-15H,1-9,16H2,(H,21,23)(H,24,25)/b15-12+. The highest BCUT2D eigenvalue weighted by molar-refractivity contribution is 5.91. The van der Waals surface area contributed by atoms with Gasteiger partial charge in [-0.2, -0.15) is 0 Å². The molecule has 0 aromatic heterocycles. The number of benzene rings is 1. The fourth-order valence-corrected chi connectivity index (χ4v) is 2.61. The van der Waals surface area contributed by atoms with E-state index in [9.17, 15) is 19.7 Å². The second-order valence-corrected chi connectivity index (χ2v) is 6.45. The summed E-state index contributed by atoms with van der Waals surface area (Å²) < 4.78 is 0. The SMILES string of the molecule is O=C(O)CCCCCCCCCCNC(=O)/C=C/c1ccc([N+](=O)[O-])cc1. The first-order chi connectivity index (χ1) is 13.0. The normalized spacial score (nSPS) is 10.8. The van der Waals surface area contributed by atoms with Gasteiger partial charge in [0, 0.05) is 31.2 Å². The maximum atomic E-state index is 11.7. The van der Waals surface area contributed by atoms with E-state index in [1.165, 1.54) is 18.2 Å². The Morgan fingerprint density at radius 2 is 1.52 bits per heavy atom. The maximum Gasteiger partial charge on any atom is 0.303 e. The van der Waals surface area contributed by atoms with Crippen molar-refractivity contribution in [3.05, 3.63) is 46.0 Å². The number of non-ortho nitro benzene ring substituents is 1. The number of unbranched alkanes of at least 4 members (excludes halogenated alkanes) is 7. The fraction of sp³-hybridized carbons (Fsp3) is 0.500. The van der Waals surface area contributed by atoms with E-state index in [-0.39, 0.29) is 18.0 Å². The number of carbonyl (C=O) groups is 2. The van der Waals surface area contributed by atoms with E-state index in [2.05, 4.69) is 5.32 Å². The minimum Gasteiger partial charge on any atom is -0.481 e. The van der Waals surface area contributed by atoms with Gasteiger partial charge < -0.3 is 10.4 Å². The van der Waals surface area contributed by atoms with Gasteiger partial charge in [-0.05, 0) is 36.6 Å². The predicted molar refractivity (Wildman–Crippen MR) is 104 cm³/mol. The number of amides is 1. The Morgan fingerprint density at radius 1 is 0.963 bits per heavy atom. The van der Waals surface area contributed by atoms with Crippen molar-refractivity contribution in [2.45, 2.75) is 57.8 Å². The second-order valence-electron chi connectivity index (χ2n) is 6.45. The number of hydrogen-bond donors (Lipinski definition) is 2. The smallest absolute Gasteiger partial charge is 0.303 e. The maximum absolute atomic E-state index is 11.7. The van der Waals surface area contributed by atoms with Crippen LogP contribution in [0.25, 0.3) is 6.08 Å². The van der Waals surface area contributed by atoms with Crippen LogP contribution in [0.3, 0.4) is 0 Å². The number of hydrogen-bond acceptors (Lipinski definition) is 4. The van der Waals surface area contributed by atoms with Gasteiger partial charge in [0.1, 0.15) is 0 Å². The van der Waals surface area contributed by atoms with Crippen LogP contribution in [0.4, 0.5) is 5.69 Å². The molecule has 0 heterocycles. The van der Waals surface area contributed by atoms with E-state index >= 15 is 0 Å². The number of nitro benzene ring substituents is 1. The summed E-state index contributed by atoms with van der Waals surface area (Å²) in [7, 11) is 0. The van der Waals surface area contributed by atoms with E-state index in [1.807, 2.05) is 0 Å². The summed E-state index contributed by atoms with van der Waals surface area (Å²) in [4.78, 5) is 32.2. The highest BCUT2D eigenvalue weighted by Gasteiger charge is 2.02. The summed E-state index contributed by atoms with van der Waals surface area (Å²) in [5, 5.41) is 21.9. The average molecular weight is 376 g/mol. The van der Waals surface area contributed by atoms with Crippen molar-refractivity contribution in [2.24, 2.45) is 0 Å². The average Bonchev–Trinajstić information content (AvgIpc) is 2.64. The van der Waals surface area contributed by atoms with Crippen LogP contribution in [0.2, 0.25) is 0 Å². The van der Waals surface area contributed by atoms with E-state index in [1.54, 1.807) is 18.2 Å². The number of nitro groups is 1. The zero-order valence-corrected chi connectivity index (χ0v) is 15.6. The van der Waals surface area contributed by atoms with Crippen LogP contribution in [0.15, 0.2) is 30.3 Å². The lowest BCUT2D eigenvalue weighted by Gasteiger charge is -2.03. The monoisotopic (exact) mass is 376 g/mol. The first-order valence-electron chi connectivity index (χ1n) is 9.41. The van der Waals surface area contributed by atoms with Gasteiger partial charge in [0.05, 0.1) is 4.92 Å². The van der Waals surface area contributed by atoms with Gasteiger partial charge in [-0.15, -0.1) is 0 Å². The van der Waals surface area contributed by atoms with Crippen LogP contribution >= 0.6 is 0 Å². The number of rotatable bonds is 14. The molecule has 1 amide bonds. The molecular weight excluding hydrogens is 348 g/mol. The van der Waals surface area contributed by atoms with Gasteiger partial charge in [0.15, 0.2) is 0 Å². The van der Waals surface area contributed by atoms with Crippen LogP contribution in [0, 0.1) is 10.1 Å². The fourth-order valence-electron chi connectivity index (χ4n) is 2.61. The summed E-state index contributed by atoms with van der Waals surface area (Å²) in [6.45, 7) is 0.627. The number of carbonyl (C=O) groups excluding carboxylic acids is 1. The second kappa shape index (κ2) is 13.5. The number of nitrogens with zero attached hydrogens (tertiary/aromatic N) is 1. The molecule has 0 aliphatic rings. The number of aliphatic carboxylic acids is 1. The van der Waals surface area contributed by atoms with Crippen molar-refractivity contribution in [3.63, 3.8) is 0 Å². The minimum absolute atomic E-state index is 0.0249. The van der Waals surface area contributed by atoms with Crippen LogP contribution < -0.4 is 5.32 Å². The van der Waals surface area contributed by atoms with Gasteiger partial charge in [-0.25, -0.2) is 0 Å². The van der Waals surface area contributed by atoms with Gasteiger partial charge in [-0.1, -0.05) is 38.5 Å². The van der Waals surface area contributed by atoms with Crippen LogP contribution in [0.1, 0.15) is 63.4 Å². The van der Waals surface area contributed by atoms with E-state index in [0.29, 0.717) is 6.54 Å². The summed E-state index contributed by atoms with van der Waals surface area (Å²) in [5.41, 5.74) is 0.760. The first kappa shape index (κ1) is 22.3. The molecule has 1 aromatic rings. The van der Waals surface area contributed by atoms with Gasteiger partial charge >= 0.3 is 5.97 Å². The molecular formula is C20H28N2O5. The van der Waals surface area contributed by atoms with E-state index in [0.717, 1.165) is 56.9 Å². The third kappa shape index (κ3) is 11.5. The number of carboxylic acid groups (broad SMARTS) is 1. The molecule has 27 heavy (non-hydrogen) atoms. The van der Waals surface area contributed by atoms with E-state index < -0.39 is 10.9 Å². The molecule has 0 atom stereocenters. The molecule has 0 aliphatic heterocycles. The molecule has 1 aromatic carbocycles. The molecule has 7 heteroatoms.